The zero-order valence-electron chi connectivity index (χ0n) is 10.3. The molecule has 2 N–H and O–H groups in total. The topological polar surface area (TPSA) is 56.0 Å². The Bertz CT molecular complexity index is 381. The Morgan fingerprint density at radius 2 is 2.18 bits per heavy atom. The van der Waals surface area contributed by atoms with Crippen LogP contribution in [0.4, 0.5) is 0 Å². The molecule has 1 saturated carbocycles. The lowest BCUT2D eigenvalue weighted by Gasteiger charge is -2.26. The summed E-state index contributed by atoms with van der Waals surface area (Å²) in [5.41, 5.74) is 6.60. The van der Waals surface area contributed by atoms with Gasteiger partial charge in [-0.15, -0.1) is 11.3 Å². The summed E-state index contributed by atoms with van der Waals surface area (Å²) in [5, 5.41) is 3.04. The highest BCUT2D eigenvalue weighted by Crippen LogP contribution is 2.29. The number of hydrogen-bond donors (Lipinski definition) is 1. The van der Waals surface area contributed by atoms with Crippen LogP contribution in [0.2, 0.25) is 0 Å². The van der Waals surface area contributed by atoms with Crippen molar-refractivity contribution in [3.63, 3.8) is 0 Å². The van der Waals surface area contributed by atoms with Crippen molar-refractivity contribution in [1.29, 1.82) is 0 Å². The first-order chi connectivity index (χ1) is 8.19. The zero-order valence-corrected chi connectivity index (χ0v) is 11.1. The summed E-state index contributed by atoms with van der Waals surface area (Å²) in [6.07, 6.45) is 4.78. The molecule has 0 amide bonds. The van der Waals surface area contributed by atoms with Gasteiger partial charge in [-0.05, 0) is 45.1 Å². The van der Waals surface area contributed by atoms with Crippen molar-refractivity contribution in [2.24, 2.45) is 17.6 Å². The molecular weight excluding hydrogens is 232 g/mol. The van der Waals surface area contributed by atoms with Gasteiger partial charge in [-0.25, -0.2) is 4.98 Å². The second kappa shape index (κ2) is 5.74. The predicted octanol–water partition coefficient (Wildman–Crippen LogP) is 2.33. The van der Waals surface area contributed by atoms with Crippen LogP contribution >= 0.6 is 11.3 Å². The van der Waals surface area contributed by atoms with Crippen LogP contribution in [0, 0.1) is 18.8 Å². The molecule has 2 rings (SSSR count). The van der Waals surface area contributed by atoms with Crippen LogP contribution in [-0.4, -0.2) is 17.3 Å². The van der Waals surface area contributed by atoms with E-state index in [0.717, 1.165) is 42.9 Å². The summed E-state index contributed by atoms with van der Waals surface area (Å²) in [7, 11) is 0. The van der Waals surface area contributed by atoms with E-state index < -0.39 is 0 Å². The van der Waals surface area contributed by atoms with Crippen LogP contribution < -0.4 is 5.73 Å². The molecular formula is C13H20N2OS. The molecule has 3 nitrogen and oxygen atoms in total. The van der Waals surface area contributed by atoms with Crippen molar-refractivity contribution in [3.8, 4) is 0 Å². The molecule has 0 radical (unpaired) electrons. The third-order valence-corrected chi connectivity index (χ3v) is 4.48. The lowest BCUT2D eigenvalue weighted by molar-refractivity contribution is -0.123. The largest absolute Gasteiger partial charge is 0.330 e. The number of nitrogens with zero attached hydrogens (tertiary/aromatic N) is 1. The van der Waals surface area contributed by atoms with Crippen molar-refractivity contribution < 1.29 is 4.79 Å². The third-order valence-electron chi connectivity index (χ3n) is 3.66. The minimum Gasteiger partial charge on any atom is -0.330 e. The van der Waals surface area contributed by atoms with Crippen molar-refractivity contribution in [2.75, 3.05) is 6.54 Å². The van der Waals surface area contributed by atoms with Gasteiger partial charge in [0.2, 0.25) is 0 Å². The average Bonchev–Trinajstić information content (AvgIpc) is 2.75. The first-order valence-electron chi connectivity index (χ1n) is 6.33. The second-order valence-electron chi connectivity index (χ2n) is 4.95. The number of carbonyl (C=O) groups is 1. The Hall–Kier alpha value is -0.740. The fourth-order valence-corrected chi connectivity index (χ4v) is 3.14. The van der Waals surface area contributed by atoms with E-state index >= 15 is 0 Å². The number of Topliss-reactive ketones (excluding diaryl/α,β-unsaturated/α-hetero) is 1. The van der Waals surface area contributed by atoms with Crippen LogP contribution in [0.5, 0.6) is 0 Å². The number of hydrogen-bond acceptors (Lipinski definition) is 4. The van der Waals surface area contributed by atoms with Gasteiger partial charge in [0.05, 0.1) is 10.7 Å². The smallest absolute Gasteiger partial charge is 0.141 e. The molecule has 1 fully saturated rings. The number of aryl methyl sites for hydroxylation is 1. The van der Waals surface area contributed by atoms with Crippen LogP contribution in [0.1, 0.15) is 36.4 Å². The van der Waals surface area contributed by atoms with E-state index in [4.69, 9.17) is 5.73 Å². The number of nitrogens with two attached hydrogens (primary N) is 1. The molecule has 0 atom stereocenters. The van der Waals surface area contributed by atoms with Gasteiger partial charge in [0.25, 0.3) is 0 Å². The molecule has 1 aromatic rings. The highest BCUT2D eigenvalue weighted by molar-refractivity contribution is 7.09. The normalized spacial score (nSPS) is 24.8. The Morgan fingerprint density at radius 1 is 1.47 bits per heavy atom. The summed E-state index contributed by atoms with van der Waals surface area (Å²) in [6.45, 7) is 2.75. The minimum absolute atomic E-state index is 0.250. The number of carbonyl (C=O) groups excluding carboxylic acids is 1. The highest BCUT2D eigenvalue weighted by Gasteiger charge is 2.25. The lowest BCUT2D eigenvalue weighted by Crippen LogP contribution is -2.26. The standard InChI is InChI=1S/C13H20N2OS/c1-9-15-12(8-17-9)6-13(16)11-4-2-10(7-14)3-5-11/h8,10-11H,2-7,14H2,1H3. The number of rotatable bonds is 4. The maximum absolute atomic E-state index is 12.1. The van der Waals surface area contributed by atoms with Crippen molar-refractivity contribution in [3.05, 3.63) is 16.1 Å². The van der Waals surface area contributed by atoms with Crippen LogP contribution in [0.3, 0.4) is 0 Å². The van der Waals surface area contributed by atoms with Crippen LogP contribution in [-0.2, 0) is 11.2 Å². The predicted molar refractivity (Wildman–Crippen MR) is 70.1 cm³/mol. The Morgan fingerprint density at radius 3 is 2.71 bits per heavy atom. The third kappa shape index (κ3) is 3.36. The van der Waals surface area contributed by atoms with Crippen molar-refractivity contribution in [2.45, 2.75) is 39.0 Å². The zero-order chi connectivity index (χ0) is 12.3. The molecule has 1 aromatic heterocycles. The van der Waals surface area contributed by atoms with E-state index in [-0.39, 0.29) is 5.92 Å². The van der Waals surface area contributed by atoms with Crippen LogP contribution in [0.25, 0.3) is 0 Å². The highest BCUT2D eigenvalue weighted by atomic mass is 32.1. The Labute approximate surface area is 106 Å². The number of thiazole rings is 1. The molecule has 4 heteroatoms. The molecule has 1 aliphatic rings. The fraction of sp³-hybridized carbons (Fsp3) is 0.692. The summed E-state index contributed by atoms with van der Waals surface area (Å²) in [6, 6.07) is 0. The first-order valence-corrected chi connectivity index (χ1v) is 7.20. The minimum atomic E-state index is 0.250. The maximum atomic E-state index is 12.1. The van der Waals surface area contributed by atoms with Gasteiger partial charge in [0, 0.05) is 17.7 Å². The summed E-state index contributed by atoms with van der Waals surface area (Å²) in [5.74, 6) is 1.26. The molecule has 0 saturated heterocycles. The Kier molecular flexibility index (Phi) is 4.29. The molecule has 0 aromatic carbocycles. The van der Waals surface area contributed by atoms with Crippen molar-refractivity contribution >= 4 is 17.1 Å². The average molecular weight is 252 g/mol. The summed E-state index contributed by atoms with van der Waals surface area (Å²) in [4.78, 5) is 16.5. The lowest BCUT2D eigenvalue weighted by atomic mass is 9.79. The van der Waals surface area contributed by atoms with Gasteiger partial charge in [0.1, 0.15) is 5.78 Å². The molecule has 0 aliphatic heterocycles. The van der Waals surface area contributed by atoms with E-state index in [1.165, 1.54) is 0 Å². The van der Waals surface area contributed by atoms with E-state index in [2.05, 4.69) is 4.98 Å². The fourth-order valence-electron chi connectivity index (χ4n) is 2.53. The quantitative estimate of drug-likeness (QED) is 0.894. The Balaban J connectivity index is 1.85. The number of aromatic nitrogens is 1. The van der Waals surface area contributed by atoms with Crippen LogP contribution in [0.15, 0.2) is 5.38 Å². The van der Waals surface area contributed by atoms with E-state index in [0.29, 0.717) is 18.1 Å². The summed E-state index contributed by atoms with van der Waals surface area (Å²) < 4.78 is 0. The maximum Gasteiger partial charge on any atom is 0.141 e. The van der Waals surface area contributed by atoms with E-state index in [1.54, 1.807) is 11.3 Å². The second-order valence-corrected chi connectivity index (χ2v) is 6.02. The van der Waals surface area contributed by atoms with Gasteiger partial charge < -0.3 is 5.73 Å². The first kappa shape index (κ1) is 12.7. The molecule has 17 heavy (non-hydrogen) atoms. The molecule has 0 spiro atoms. The molecule has 1 aliphatic carbocycles. The number of ketones is 1. The van der Waals surface area contributed by atoms with Gasteiger partial charge >= 0.3 is 0 Å². The van der Waals surface area contributed by atoms with Crippen molar-refractivity contribution in [1.82, 2.24) is 4.98 Å². The van der Waals surface area contributed by atoms with Gasteiger partial charge in [-0.2, -0.15) is 0 Å². The van der Waals surface area contributed by atoms with E-state index in [1.807, 2.05) is 12.3 Å². The summed E-state index contributed by atoms with van der Waals surface area (Å²) >= 11 is 1.62. The molecule has 0 bridgehead atoms. The molecule has 0 unspecified atom stereocenters. The van der Waals surface area contributed by atoms with Gasteiger partial charge in [0.15, 0.2) is 0 Å². The molecule has 1 heterocycles. The van der Waals surface area contributed by atoms with Gasteiger partial charge in [-0.1, -0.05) is 0 Å². The SMILES string of the molecule is Cc1nc(CC(=O)C2CCC(CN)CC2)cs1. The molecule has 94 valence electrons. The van der Waals surface area contributed by atoms with E-state index in [9.17, 15) is 4.79 Å². The monoisotopic (exact) mass is 252 g/mol. The van der Waals surface area contributed by atoms with Gasteiger partial charge in [-0.3, -0.25) is 4.79 Å².